The average molecular weight is 337 g/mol. The number of benzene rings is 1. The third-order valence-corrected chi connectivity index (χ3v) is 3.42. The van der Waals surface area contributed by atoms with Crippen molar-refractivity contribution in [3.8, 4) is 0 Å². The van der Waals surface area contributed by atoms with Gasteiger partial charge in [-0.25, -0.2) is 0 Å². The predicted molar refractivity (Wildman–Crippen MR) is 86.6 cm³/mol. The van der Waals surface area contributed by atoms with Crippen molar-refractivity contribution in [2.45, 2.75) is 6.42 Å². The molecule has 0 spiro atoms. The molecule has 2 amide bonds. The minimum absolute atomic E-state index is 0.00163. The summed E-state index contributed by atoms with van der Waals surface area (Å²) in [4.78, 5) is 24.1. The monoisotopic (exact) mass is 336 g/mol. The highest BCUT2D eigenvalue weighted by molar-refractivity contribution is 6.34. The smallest absolute Gasteiger partial charge is 0.271 e. The zero-order chi connectivity index (χ0) is 16.8. The number of halogens is 1. The molecular weight excluding hydrogens is 320 g/mol. The van der Waals surface area contributed by atoms with E-state index < -0.39 is 0 Å². The maximum Gasteiger partial charge on any atom is 0.271 e. The molecule has 0 radical (unpaired) electrons. The number of carbonyl (C=O) groups is 2. The second-order valence-electron chi connectivity index (χ2n) is 4.81. The van der Waals surface area contributed by atoms with Gasteiger partial charge in [-0.1, -0.05) is 23.7 Å². The second-order valence-corrected chi connectivity index (χ2v) is 5.21. The molecule has 23 heavy (non-hydrogen) atoms. The quantitative estimate of drug-likeness (QED) is 0.695. The summed E-state index contributed by atoms with van der Waals surface area (Å²) in [6.45, 7) is 0.356. The van der Waals surface area contributed by atoms with E-state index in [9.17, 15) is 9.59 Å². The molecule has 0 saturated carbocycles. The molecule has 8 heteroatoms. The highest BCUT2D eigenvalue weighted by atomic mass is 35.5. The number of nitrogens with zero attached hydrogens (tertiary/aromatic N) is 2. The third kappa shape index (κ3) is 4.30. The molecular formula is C15H17ClN4O3. The highest BCUT2D eigenvalue weighted by Crippen LogP contribution is 2.17. The van der Waals surface area contributed by atoms with Gasteiger partial charge in [-0.2, -0.15) is 5.10 Å². The van der Waals surface area contributed by atoms with Crippen molar-refractivity contribution in [1.82, 2.24) is 15.1 Å². The lowest BCUT2D eigenvalue weighted by molar-refractivity contribution is 0.0944. The first-order chi connectivity index (χ1) is 11.0. The molecule has 7 nitrogen and oxygen atoms in total. The molecule has 0 fully saturated rings. The Bertz CT molecular complexity index is 714. The van der Waals surface area contributed by atoms with Crippen LogP contribution in [0.4, 0.5) is 5.82 Å². The lowest BCUT2D eigenvalue weighted by Gasteiger charge is -2.06. The van der Waals surface area contributed by atoms with Gasteiger partial charge in [-0.3, -0.25) is 14.3 Å². The van der Waals surface area contributed by atoms with E-state index in [-0.39, 0.29) is 24.1 Å². The molecule has 0 saturated heterocycles. The summed E-state index contributed by atoms with van der Waals surface area (Å²) in [5.74, 6) is -0.375. The Morgan fingerprint density at radius 2 is 2.04 bits per heavy atom. The van der Waals surface area contributed by atoms with E-state index in [4.69, 9.17) is 16.7 Å². The number of aliphatic hydroxyl groups is 1. The van der Waals surface area contributed by atoms with E-state index in [1.165, 1.54) is 10.7 Å². The summed E-state index contributed by atoms with van der Waals surface area (Å²) in [5.41, 5.74) is 0.518. The van der Waals surface area contributed by atoms with Crippen LogP contribution in [0.5, 0.6) is 0 Å². The number of aromatic nitrogens is 2. The van der Waals surface area contributed by atoms with Gasteiger partial charge in [-0.15, -0.1) is 0 Å². The lowest BCUT2D eigenvalue weighted by Crippen LogP contribution is -2.25. The first-order valence-corrected chi connectivity index (χ1v) is 7.39. The molecule has 0 aliphatic rings. The molecule has 0 bridgehead atoms. The molecule has 2 aromatic rings. The van der Waals surface area contributed by atoms with E-state index in [2.05, 4.69) is 15.7 Å². The van der Waals surface area contributed by atoms with Gasteiger partial charge in [0.05, 0.1) is 10.6 Å². The standard InChI is InChI=1S/C15H17ClN4O3/c1-20-13(9-12(19-20)15(23)17-7-4-8-21)18-14(22)10-5-2-3-6-11(10)16/h2-3,5-6,9,21H,4,7-8H2,1H3,(H,17,23)(H,18,22). The minimum Gasteiger partial charge on any atom is -0.396 e. The van der Waals surface area contributed by atoms with Crippen molar-refractivity contribution >= 4 is 29.2 Å². The summed E-state index contributed by atoms with van der Waals surface area (Å²) in [6, 6.07) is 8.15. The van der Waals surface area contributed by atoms with E-state index in [1.807, 2.05) is 0 Å². The Labute approximate surface area is 138 Å². The summed E-state index contributed by atoms with van der Waals surface area (Å²) < 4.78 is 1.40. The number of hydrogen-bond donors (Lipinski definition) is 3. The molecule has 122 valence electrons. The van der Waals surface area contributed by atoms with Gasteiger partial charge in [0.2, 0.25) is 0 Å². The van der Waals surface area contributed by atoms with Crippen LogP contribution >= 0.6 is 11.6 Å². The fourth-order valence-electron chi connectivity index (χ4n) is 1.90. The van der Waals surface area contributed by atoms with Crippen LogP contribution in [0.2, 0.25) is 5.02 Å². The van der Waals surface area contributed by atoms with Crippen LogP contribution in [0.3, 0.4) is 0 Å². The third-order valence-electron chi connectivity index (χ3n) is 3.09. The van der Waals surface area contributed by atoms with Gasteiger partial charge < -0.3 is 15.7 Å². The van der Waals surface area contributed by atoms with E-state index in [0.29, 0.717) is 29.4 Å². The van der Waals surface area contributed by atoms with Crippen molar-refractivity contribution in [1.29, 1.82) is 0 Å². The summed E-state index contributed by atoms with van der Waals surface area (Å²) in [6.07, 6.45) is 0.467. The van der Waals surface area contributed by atoms with Crippen molar-refractivity contribution in [2.24, 2.45) is 7.05 Å². The largest absolute Gasteiger partial charge is 0.396 e. The number of anilines is 1. The topological polar surface area (TPSA) is 96.2 Å². The Morgan fingerprint density at radius 3 is 2.74 bits per heavy atom. The maximum absolute atomic E-state index is 12.2. The molecule has 0 atom stereocenters. The van der Waals surface area contributed by atoms with Crippen LogP contribution in [-0.4, -0.2) is 39.9 Å². The van der Waals surface area contributed by atoms with Crippen LogP contribution in [0.25, 0.3) is 0 Å². The molecule has 0 unspecified atom stereocenters. The Hall–Kier alpha value is -2.38. The number of hydrogen-bond acceptors (Lipinski definition) is 4. The molecule has 1 aromatic heterocycles. The molecule has 1 heterocycles. The SMILES string of the molecule is Cn1nc(C(=O)NCCCO)cc1NC(=O)c1ccccc1Cl. The zero-order valence-electron chi connectivity index (χ0n) is 12.5. The maximum atomic E-state index is 12.2. The van der Waals surface area contributed by atoms with Crippen LogP contribution in [0, 0.1) is 0 Å². The van der Waals surface area contributed by atoms with Gasteiger partial charge in [0.25, 0.3) is 11.8 Å². The number of rotatable bonds is 6. The number of aliphatic hydroxyl groups excluding tert-OH is 1. The molecule has 0 aliphatic carbocycles. The Kier molecular flexibility index (Phi) is 5.72. The number of aryl methyl sites for hydroxylation is 1. The summed E-state index contributed by atoms with van der Waals surface area (Å²) in [7, 11) is 1.62. The fourth-order valence-corrected chi connectivity index (χ4v) is 2.12. The van der Waals surface area contributed by atoms with Crippen molar-refractivity contribution in [3.63, 3.8) is 0 Å². The zero-order valence-corrected chi connectivity index (χ0v) is 13.3. The van der Waals surface area contributed by atoms with Crippen molar-refractivity contribution in [3.05, 3.63) is 46.6 Å². The summed E-state index contributed by atoms with van der Waals surface area (Å²) in [5, 5.41) is 18.4. The normalized spacial score (nSPS) is 10.4. The first kappa shape index (κ1) is 17.0. The van der Waals surface area contributed by atoms with E-state index in [1.54, 1.807) is 31.3 Å². The van der Waals surface area contributed by atoms with Gasteiger partial charge in [0.1, 0.15) is 5.82 Å². The summed E-state index contributed by atoms with van der Waals surface area (Å²) >= 11 is 5.98. The van der Waals surface area contributed by atoms with Crippen LogP contribution in [0.1, 0.15) is 27.3 Å². The minimum atomic E-state index is -0.383. The van der Waals surface area contributed by atoms with E-state index >= 15 is 0 Å². The van der Waals surface area contributed by atoms with Crippen molar-refractivity contribution in [2.75, 3.05) is 18.5 Å². The average Bonchev–Trinajstić information content (AvgIpc) is 2.89. The Morgan fingerprint density at radius 1 is 1.30 bits per heavy atom. The van der Waals surface area contributed by atoms with Crippen LogP contribution in [0.15, 0.2) is 30.3 Å². The molecule has 0 aliphatic heterocycles. The van der Waals surface area contributed by atoms with Crippen LogP contribution in [-0.2, 0) is 7.05 Å². The molecule has 3 N–H and O–H groups in total. The number of nitrogens with one attached hydrogen (secondary N) is 2. The Balaban J connectivity index is 2.08. The lowest BCUT2D eigenvalue weighted by atomic mass is 10.2. The van der Waals surface area contributed by atoms with Gasteiger partial charge in [0, 0.05) is 26.3 Å². The fraction of sp³-hybridized carbons (Fsp3) is 0.267. The second kappa shape index (κ2) is 7.75. The predicted octanol–water partition coefficient (Wildman–Crippen LogP) is 1.44. The van der Waals surface area contributed by atoms with Gasteiger partial charge >= 0.3 is 0 Å². The number of amides is 2. The molecule has 2 rings (SSSR count). The number of carbonyl (C=O) groups excluding carboxylic acids is 2. The highest BCUT2D eigenvalue weighted by Gasteiger charge is 2.16. The molecule has 1 aromatic carbocycles. The van der Waals surface area contributed by atoms with E-state index in [0.717, 1.165) is 0 Å². The first-order valence-electron chi connectivity index (χ1n) is 7.02. The van der Waals surface area contributed by atoms with Gasteiger partial charge in [-0.05, 0) is 18.6 Å². The van der Waals surface area contributed by atoms with Crippen molar-refractivity contribution < 1.29 is 14.7 Å². The van der Waals surface area contributed by atoms with Gasteiger partial charge in [0.15, 0.2) is 5.69 Å². The van der Waals surface area contributed by atoms with Crippen LogP contribution < -0.4 is 10.6 Å².